The average molecular weight is 478 g/mol. The molecule has 0 aliphatic carbocycles. The Labute approximate surface area is 195 Å². The second kappa shape index (κ2) is 11.5. The summed E-state index contributed by atoms with van der Waals surface area (Å²) in [5.41, 5.74) is 1.38. The van der Waals surface area contributed by atoms with Gasteiger partial charge in [-0.3, -0.25) is 9.69 Å². The van der Waals surface area contributed by atoms with Crippen molar-refractivity contribution in [3.63, 3.8) is 0 Å². The lowest BCUT2D eigenvalue weighted by Gasteiger charge is -2.35. The fourth-order valence-electron chi connectivity index (χ4n) is 3.76. The molecule has 2 aromatic carbocycles. The number of nitrogens with one attached hydrogen (secondary N) is 2. The van der Waals surface area contributed by atoms with E-state index in [4.69, 9.17) is 14.2 Å². The summed E-state index contributed by atoms with van der Waals surface area (Å²) in [5.74, 6) is 0.983. The third kappa shape index (κ3) is 6.23. The van der Waals surface area contributed by atoms with Gasteiger partial charge in [0.1, 0.15) is 0 Å². The average Bonchev–Trinajstić information content (AvgIpc) is 2.84. The van der Waals surface area contributed by atoms with Gasteiger partial charge in [0.05, 0.1) is 38.4 Å². The first-order valence-corrected chi connectivity index (χ1v) is 12.3. The first kappa shape index (κ1) is 25.0. The third-order valence-electron chi connectivity index (χ3n) is 5.50. The number of carbonyl (C=O) groups is 1. The minimum Gasteiger partial charge on any atom is -0.493 e. The molecule has 0 saturated carbocycles. The highest BCUT2D eigenvalue weighted by atomic mass is 32.2. The minimum absolute atomic E-state index is 0.0916. The molecule has 10 heteroatoms. The SMILES string of the molecule is CCNS(=O)(=O)c1ccc(C(=O)NCC(c2ccc(OC)c(OC)c2)N2CCOCC2)cc1. The van der Waals surface area contributed by atoms with E-state index in [2.05, 4.69) is 14.9 Å². The molecule has 0 bridgehead atoms. The van der Waals surface area contributed by atoms with Gasteiger partial charge in [0.25, 0.3) is 5.91 Å². The quantitative estimate of drug-likeness (QED) is 0.538. The van der Waals surface area contributed by atoms with E-state index in [-0.39, 0.29) is 16.8 Å². The number of morpholine rings is 1. The van der Waals surface area contributed by atoms with Gasteiger partial charge in [-0.05, 0) is 42.0 Å². The van der Waals surface area contributed by atoms with Gasteiger partial charge in [0.2, 0.25) is 10.0 Å². The van der Waals surface area contributed by atoms with Crippen LogP contribution in [0.3, 0.4) is 0 Å². The molecule has 1 heterocycles. The fourth-order valence-corrected chi connectivity index (χ4v) is 4.80. The number of carbonyl (C=O) groups excluding carboxylic acids is 1. The van der Waals surface area contributed by atoms with Crippen LogP contribution in [-0.4, -0.2) is 72.8 Å². The van der Waals surface area contributed by atoms with E-state index in [0.29, 0.717) is 43.4 Å². The lowest BCUT2D eigenvalue weighted by molar-refractivity contribution is 0.0162. The van der Waals surface area contributed by atoms with Crippen molar-refractivity contribution in [1.29, 1.82) is 0 Å². The number of sulfonamides is 1. The number of hydrogen-bond donors (Lipinski definition) is 2. The summed E-state index contributed by atoms with van der Waals surface area (Å²) in [4.78, 5) is 15.2. The van der Waals surface area contributed by atoms with Gasteiger partial charge < -0.3 is 19.5 Å². The molecule has 0 radical (unpaired) electrons. The molecule has 3 rings (SSSR count). The molecule has 0 spiro atoms. The molecule has 180 valence electrons. The van der Waals surface area contributed by atoms with E-state index in [1.807, 2.05) is 18.2 Å². The second-order valence-corrected chi connectivity index (χ2v) is 9.28. The molecule has 9 nitrogen and oxygen atoms in total. The van der Waals surface area contributed by atoms with Gasteiger partial charge in [-0.1, -0.05) is 13.0 Å². The largest absolute Gasteiger partial charge is 0.493 e. The van der Waals surface area contributed by atoms with E-state index in [1.165, 1.54) is 24.3 Å². The van der Waals surface area contributed by atoms with Crippen molar-refractivity contribution < 1.29 is 27.4 Å². The monoisotopic (exact) mass is 477 g/mol. The Balaban J connectivity index is 1.76. The van der Waals surface area contributed by atoms with Gasteiger partial charge in [-0.15, -0.1) is 0 Å². The lowest BCUT2D eigenvalue weighted by Crippen LogP contribution is -2.43. The molecule has 1 unspecified atom stereocenters. The number of rotatable bonds is 10. The molecule has 1 atom stereocenters. The molecule has 2 aromatic rings. The zero-order chi connectivity index (χ0) is 23.8. The molecule has 0 aromatic heterocycles. The molecule has 1 fully saturated rings. The number of ether oxygens (including phenoxy) is 3. The van der Waals surface area contributed by atoms with Crippen LogP contribution in [0.25, 0.3) is 0 Å². The lowest BCUT2D eigenvalue weighted by atomic mass is 10.0. The van der Waals surface area contributed by atoms with Crippen molar-refractivity contribution in [3.05, 3.63) is 53.6 Å². The van der Waals surface area contributed by atoms with Crippen LogP contribution in [-0.2, 0) is 14.8 Å². The number of amides is 1. The predicted molar refractivity (Wildman–Crippen MR) is 124 cm³/mol. The Morgan fingerprint density at radius 1 is 1.06 bits per heavy atom. The van der Waals surface area contributed by atoms with Gasteiger partial charge in [-0.25, -0.2) is 13.1 Å². The molecule has 33 heavy (non-hydrogen) atoms. The third-order valence-corrected chi connectivity index (χ3v) is 7.06. The second-order valence-electron chi connectivity index (χ2n) is 7.51. The highest BCUT2D eigenvalue weighted by Crippen LogP contribution is 2.32. The summed E-state index contributed by atoms with van der Waals surface area (Å²) in [6, 6.07) is 11.5. The van der Waals surface area contributed by atoms with E-state index in [1.54, 1.807) is 21.1 Å². The Hall–Kier alpha value is -2.66. The number of nitrogens with zero attached hydrogens (tertiary/aromatic N) is 1. The molecule has 1 aliphatic heterocycles. The fraction of sp³-hybridized carbons (Fsp3) is 0.435. The van der Waals surface area contributed by atoms with Crippen molar-refractivity contribution in [3.8, 4) is 11.5 Å². The Morgan fingerprint density at radius 3 is 2.33 bits per heavy atom. The number of methoxy groups -OCH3 is 2. The first-order valence-electron chi connectivity index (χ1n) is 10.8. The summed E-state index contributed by atoms with van der Waals surface area (Å²) in [7, 11) is -0.384. The molecule has 2 N–H and O–H groups in total. The van der Waals surface area contributed by atoms with Crippen LogP contribution in [0.1, 0.15) is 28.9 Å². The van der Waals surface area contributed by atoms with Gasteiger partial charge in [-0.2, -0.15) is 0 Å². The standard InChI is InChI=1S/C23H31N3O6S/c1-4-25-33(28,29)19-8-5-17(6-9-19)23(27)24-16-20(26-11-13-32-14-12-26)18-7-10-21(30-2)22(15-18)31-3/h5-10,15,20,25H,4,11-14,16H2,1-3H3,(H,24,27). The van der Waals surface area contributed by atoms with Gasteiger partial charge >= 0.3 is 0 Å². The number of hydrogen-bond acceptors (Lipinski definition) is 7. The Kier molecular flexibility index (Phi) is 8.67. The Bertz CT molecular complexity index is 1040. The van der Waals surface area contributed by atoms with E-state index in [0.717, 1.165) is 18.7 Å². The molecular weight excluding hydrogens is 446 g/mol. The molecule has 1 amide bonds. The normalized spacial score (nSPS) is 15.6. The Morgan fingerprint density at radius 2 is 1.73 bits per heavy atom. The zero-order valence-corrected chi connectivity index (χ0v) is 20.0. The maximum atomic E-state index is 12.8. The van der Waals surface area contributed by atoms with E-state index < -0.39 is 10.0 Å². The van der Waals surface area contributed by atoms with Crippen LogP contribution in [0.15, 0.2) is 47.4 Å². The van der Waals surface area contributed by atoms with Crippen molar-refractivity contribution in [1.82, 2.24) is 14.9 Å². The smallest absolute Gasteiger partial charge is 0.251 e. The van der Waals surface area contributed by atoms with Crippen LogP contribution >= 0.6 is 0 Å². The summed E-state index contributed by atoms with van der Waals surface area (Å²) in [6.45, 7) is 5.11. The van der Waals surface area contributed by atoms with Crippen molar-refractivity contribution >= 4 is 15.9 Å². The van der Waals surface area contributed by atoms with Gasteiger partial charge in [0.15, 0.2) is 11.5 Å². The van der Waals surface area contributed by atoms with Crippen LogP contribution in [0.5, 0.6) is 11.5 Å². The molecule has 1 aliphatic rings. The van der Waals surface area contributed by atoms with E-state index in [9.17, 15) is 13.2 Å². The highest BCUT2D eigenvalue weighted by molar-refractivity contribution is 7.89. The van der Waals surface area contributed by atoms with Crippen LogP contribution in [0.4, 0.5) is 0 Å². The summed E-state index contributed by atoms with van der Waals surface area (Å²) < 4.78 is 43.0. The maximum absolute atomic E-state index is 12.8. The summed E-state index contributed by atoms with van der Waals surface area (Å²) in [5, 5.41) is 2.99. The van der Waals surface area contributed by atoms with Crippen molar-refractivity contribution in [2.45, 2.75) is 17.9 Å². The minimum atomic E-state index is -3.56. The maximum Gasteiger partial charge on any atom is 0.251 e. The van der Waals surface area contributed by atoms with Crippen LogP contribution in [0.2, 0.25) is 0 Å². The predicted octanol–water partition coefficient (Wildman–Crippen LogP) is 1.81. The highest BCUT2D eigenvalue weighted by Gasteiger charge is 2.25. The van der Waals surface area contributed by atoms with Crippen molar-refractivity contribution in [2.24, 2.45) is 0 Å². The molecule has 1 saturated heterocycles. The number of benzene rings is 2. The zero-order valence-electron chi connectivity index (χ0n) is 19.2. The van der Waals surface area contributed by atoms with Crippen molar-refractivity contribution in [2.75, 3.05) is 53.6 Å². The summed E-state index contributed by atoms with van der Waals surface area (Å²) in [6.07, 6.45) is 0. The van der Waals surface area contributed by atoms with E-state index >= 15 is 0 Å². The van der Waals surface area contributed by atoms with Crippen LogP contribution < -0.4 is 19.5 Å². The molecular formula is C23H31N3O6S. The van der Waals surface area contributed by atoms with Crippen LogP contribution in [0, 0.1) is 0 Å². The van der Waals surface area contributed by atoms with Gasteiger partial charge in [0, 0.05) is 31.7 Å². The topological polar surface area (TPSA) is 106 Å². The summed E-state index contributed by atoms with van der Waals surface area (Å²) >= 11 is 0. The first-order chi connectivity index (χ1) is 15.9.